The first kappa shape index (κ1) is 13.8. The molecule has 0 aromatic heterocycles. The Morgan fingerprint density at radius 2 is 1.53 bits per heavy atom. The van der Waals surface area contributed by atoms with E-state index in [1.54, 1.807) is 12.1 Å². The van der Waals surface area contributed by atoms with Gasteiger partial charge >= 0.3 is 0 Å². The first-order chi connectivity index (χ1) is 8.97. The highest BCUT2D eigenvalue weighted by Gasteiger charge is 2.11. The first-order valence-electron chi connectivity index (χ1n) is 6.55. The lowest BCUT2D eigenvalue weighted by Crippen LogP contribution is -2.15. The summed E-state index contributed by atoms with van der Waals surface area (Å²) in [5.74, 6) is -0.223. The van der Waals surface area contributed by atoms with Crippen LogP contribution in [0.4, 0.5) is 4.39 Å². The van der Waals surface area contributed by atoms with E-state index in [0.29, 0.717) is 0 Å². The van der Waals surface area contributed by atoms with Crippen molar-refractivity contribution in [3.8, 4) is 0 Å². The Hall–Kier alpha value is -1.67. The zero-order valence-corrected chi connectivity index (χ0v) is 11.7. The van der Waals surface area contributed by atoms with Gasteiger partial charge in [0.25, 0.3) is 0 Å². The Bertz CT molecular complexity index is 549. The second-order valence-electron chi connectivity index (χ2n) is 5.24. The van der Waals surface area contributed by atoms with E-state index in [2.05, 4.69) is 32.9 Å². The van der Waals surface area contributed by atoms with Gasteiger partial charge in [-0.25, -0.2) is 4.39 Å². The Kier molecular flexibility index (Phi) is 4.01. The molecule has 2 aromatic carbocycles. The van der Waals surface area contributed by atoms with Crippen molar-refractivity contribution in [3.05, 3.63) is 70.0 Å². The van der Waals surface area contributed by atoms with E-state index < -0.39 is 0 Å². The van der Waals surface area contributed by atoms with E-state index in [-0.39, 0.29) is 11.9 Å². The average molecular weight is 257 g/mol. The molecule has 0 saturated heterocycles. The Morgan fingerprint density at radius 1 is 1.00 bits per heavy atom. The van der Waals surface area contributed by atoms with Gasteiger partial charge in [-0.05, 0) is 61.6 Å². The molecule has 2 rings (SSSR count). The van der Waals surface area contributed by atoms with Gasteiger partial charge in [-0.2, -0.15) is 0 Å². The number of hydrogen-bond donors (Lipinski definition) is 1. The molecule has 100 valence electrons. The standard InChI is InChI=1S/C17H20FN/c1-11-8-12(2)16(13(3)9-11)10-17(19)14-4-6-15(18)7-5-14/h4-9,17H,10,19H2,1-3H3. The molecule has 0 fully saturated rings. The molecule has 19 heavy (non-hydrogen) atoms. The molecule has 0 spiro atoms. The van der Waals surface area contributed by atoms with Crippen LogP contribution in [0.1, 0.15) is 33.9 Å². The van der Waals surface area contributed by atoms with Crippen molar-refractivity contribution in [3.63, 3.8) is 0 Å². The molecular formula is C17H20FN. The normalized spacial score (nSPS) is 12.5. The summed E-state index contributed by atoms with van der Waals surface area (Å²) < 4.78 is 12.9. The lowest BCUT2D eigenvalue weighted by atomic mass is 9.92. The third kappa shape index (κ3) is 3.21. The second-order valence-corrected chi connectivity index (χ2v) is 5.24. The van der Waals surface area contributed by atoms with Gasteiger partial charge in [-0.3, -0.25) is 0 Å². The average Bonchev–Trinajstić information content (AvgIpc) is 2.34. The fourth-order valence-corrected chi connectivity index (χ4v) is 2.58. The number of nitrogens with two attached hydrogens (primary N) is 1. The maximum absolute atomic E-state index is 12.9. The maximum Gasteiger partial charge on any atom is 0.123 e. The van der Waals surface area contributed by atoms with Crippen LogP contribution in [0, 0.1) is 26.6 Å². The van der Waals surface area contributed by atoms with Crippen LogP contribution in [0.5, 0.6) is 0 Å². The van der Waals surface area contributed by atoms with E-state index in [1.165, 1.54) is 34.4 Å². The Morgan fingerprint density at radius 3 is 2.05 bits per heavy atom. The number of halogens is 1. The van der Waals surface area contributed by atoms with Crippen LogP contribution in [-0.2, 0) is 6.42 Å². The van der Waals surface area contributed by atoms with Crippen LogP contribution < -0.4 is 5.73 Å². The van der Waals surface area contributed by atoms with Gasteiger partial charge in [0.2, 0.25) is 0 Å². The molecule has 0 bridgehead atoms. The van der Waals surface area contributed by atoms with E-state index in [9.17, 15) is 4.39 Å². The monoisotopic (exact) mass is 257 g/mol. The molecule has 1 unspecified atom stereocenters. The topological polar surface area (TPSA) is 26.0 Å². The second kappa shape index (κ2) is 5.54. The Balaban J connectivity index is 2.24. The minimum absolute atomic E-state index is 0.0966. The highest BCUT2D eigenvalue weighted by atomic mass is 19.1. The van der Waals surface area contributed by atoms with E-state index in [0.717, 1.165) is 12.0 Å². The smallest absolute Gasteiger partial charge is 0.123 e. The molecule has 0 radical (unpaired) electrons. The molecule has 0 amide bonds. The van der Waals surface area contributed by atoms with Crippen molar-refractivity contribution in [2.24, 2.45) is 5.73 Å². The van der Waals surface area contributed by atoms with Crippen LogP contribution in [0.15, 0.2) is 36.4 Å². The predicted octanol–water partition coefficient (Wildman–Crippen LogP) is 3.99. The quantitative estimate of drug-likeness (QED) is 0.884. The first-order valence-corrected chi connectivity index (χ1v) is 6.55. The van der Waals surface area contributed by atoms with Crippen molar-refractivity contribution < 1.29 is 4.39 Å². The van der Waals surface area contributed by atoms with Crippen molar-refractivity contribution >= 4 is 0 Å². The van der Waals surface area contributed by atoms with Crippen LogP contribution in [0.2, 0.25) is 0 Å². The summed E-state index contributed by atoms with van der Waals surface area (Å²) in [6.07, 6.45) is 0.781. The summed E-state index contributed by atoms with van der Waals surface area (Å²) in [7, 11) is 0. The zero-order chi connectivity index (χ0) is 14.0. The molecule has 0 aliphatic carbocycles. The number of benzene rings is 2. The fraction of sp³-hybridized carbons (Fsp3) is 0.294. The fourth-order valence-electron chi connectivity index (χ4n) is 2.58. The van der Waals surface area contributed by atoms with Gasteiger partial charge < -0.3 is 5.73 Å². The molecule has 0 heterocycles. The van der Waals surface area contributed by atoms with Gasteiger partial charge in [-0.15, -0.1) is 0 Å². The summed E-state index contributed by atoms with van der Waals surface area (Å²) in [4.78, 5) is 0. The van der Waals surface area contributed by atoms with Gasteiger partial charge in [0.15, 0.2) is 0 Å². The van der Waals surface area contributed by atoms with Crippen LogP contribution in [0.25, 0.3) is 0 Å². The third-order valence-corrected chi connectivity index (χ3v) is 3.56. The minimum Gasteiger partial charge on any atom is -0.324 e. The van der Waals surface area contributed by atoms with Crippen molar-refractivity contribution in [2.75, 3.05) is 0 Å². The molecule has 0 saturated carbocycles. The molecule has 2 N–H and O–H groups in total. The van der Waals surface area contributed by atoms with E-state index in [1.807, 2.05) is 0 Å². The molecule has 1 nitrogen and oxygen atoms in total. The summed E-state index contributed by atoms with van der Waals surface area (Å²) in [5, 5.41) is 0. The highest BCUT2D eigenvalue weighted by Crippen LogP contribution is 2.23. The van der Waals surface area contributed by atoms with Gasteiger partial charge in [-0.1, -0.05) is 29.8 Å². The van der Waals surface area contributed by atoms with E-state index in [4.69, 9.17) is 5.73 Å². The number of rotatable bonds is 3. The highest BCUT2D eigenvalue weighted by molar-refractivity contribution is 5.38. The third-order valence-electron chi connectivity index (χ3n) is 3.56. The van der Waals surface area contributed by atoms with Gasteiger partial charge in [0.05, 0.1) is 0 Å². The van der Waals surface area contributed by atoms with Crippen LogP contribution in [0.3, 0.4) is 0 Å². The lowest BCUT2D eigenvalue weighted by molar-refractivity contribution is 0.624. The van der Waals surface area contributed by atoms with Crippen LogP contribution in [-0.4, -0.2) is 0 Å². The SMILES string of the molecule is Cc1cc(C)c(CC(N)c2ccc(F)cc2)c(C)c1. The van der Waals surface area contributed by atoms with Gasteiger partial charge in [0, 0.05) is 6.04 Å². The molecule has 2 heteroatoms. The summed E-state index contributed by atoms with van der Waals surface area (Å²) in [5.41, 5.74) is 12.3. The van der Waals surface area contributed by atoms with Crippen LogP contribution >= 0.6 is 0 Å². The van der Waals surface area contributed by atoms with Crippen molar-refractivity contribution in [1.29, 1.82) is 0 Å². The summed E-state index contributed by atoms with van der Waals surface area (Å²) >= 11 is 0. The molecule has 0 aliphatic heterocycles. The van der Waals surface area contributed by atoms with Crippen molar-refractivity contribution in [2.45, 2.75) is 33.2 Å². The molecular weight excluding hydrogens is 237 g/mol. The molecule has 2 aromatic rings. The van der Waals surface area contributed by atoms with Gasteiger partial charge in [0.1, 0.15) is 5.82 Å². The zero-order valence-electron chi connectivity index (χ0n) is 11.7. The largest absolute Gasteiger partial charge is 0.324 e. The molecule has 0 aliphatic rings. The Labute approximate surface area is 114 Å². The van der Waals surface area contributed by atoms with Crippen molar-refractivity contribution in [1.82, 2.24) is 0 Å². The summed E-state index contributed by atoms with van der Waals surface area (Å²) in [6.45, 7) is 6.34. The summed E-state index contributed by atoms with van der Waals surface area (Å²) in [6, 6.07) is 10.7. The van der Waals surface area contributed by atoms with E-state index >= 15 is 0 Å². The number of aryl methyl sites for hydroxylation is 3. The lowest BCUT2D eigenvalue weighted by Gasteiger charge is -2.17. The maximum atomic E-state index is 12.9. The molecule has 1 atom stereocenters. The minimum atomic E-state index is -0.223. The number of hydrogen-bond acceptors (Lipinski definition) is 1. The predicted molar refractivity (Wildman–Crippen MR) is 77.7 cm³/mol.